The van der Waals surface area contributed by atoms with E-state index >= 15 is 0 Å². The number of amides is 1. The number of carbonyl (C=O) groups is 1. The molecule has 0 spiro atoms. The number of nitrogens with one attached hydrogen (secondary N) is 2. The van der Waals surface area contributed by atoms with E-state index in [-0.39, 0.29) is 12.1 Å². The van der Waals surface area contributed by atoms with Crippen LogP contribution < -0.4 is 10.6 Å². The van der Waals surface area contributed by atoms with Crippen LogP contribution in [0, 0.1) is 0 Å². The van der Waals surface area contributed by atoms with Crippen molar-refractivity contribution in [1.29, 1.82) is 0 Å². The van der Waals surface area contributed by atoms with Crippen LogP contribution in [0.4, 0.5) is 4.79 Å². The highest BCUT2D eigenvalue weighted by Gasteiger charge is 2.30. The predicted octanol–water partition coefficient (Wildman–Crippen LogP) is 3.27. The van der Waals surface area contributed by atoms with Crippen molar-refractivity contribution in [2.45, 2.75) is 44.9 Å². The molecule has 1 aliphatic rings. The molecule has 4 nitrogen and oxygen atoms in total. The van der Waals surface area contributed by atoms with Gasteiger partial charge in [-0.05, 0) is 51.4 Å². The lowest BCUT2D eigenvalue weighted by atomic mass is 9.92. The monoisotopic (exact) mass is 296 g/mol. The Balaban J connectivity index is 2.10. The number of hydrogen-bond donors (Lipinski definition) is 2. The third-order valence-corrected chi connectivity index (χ3v) is 3.38. The zero-order valence-corrected chi connectivity index (χ0v) is 12.8. The van der Waals surface area contributed by atoms with E-state index in [9.17, 15) is 4.79 Å². The van der Waals surface area contributed by atoms with Gasteiger partial charge >= 0.3 is 6.09 Å². The zero-order valence-electron chi connectivity index (χ0n) is 12.1. The molecule has 0 saturated carbocycles. The summed E-state index contributed by atoms with van der Waals surface area (Å²) in [5, 5.41) is 6.92. The molecule has 0 radical (unpaired) electrons. The van der Waals surface area contributed by atoms with Crippen LogP contribution in [0.3, 0.4) is 0 Å². The molecule has 1 aromatic rings. The topological polar surface area (TPSA) is 50.4 Å². The fourth-order valence-electron chi connectivity index (χ4n) is 2.15. The van der Waals surface area contributed by atoms with Crippen molar-refractivity contribution < 1.29 is 9.53 Å². The van der Waals surface area contributed by atoms with Gasteiger partial charge in [0, 0.05) is 11.1 Å². The third kappa shape index (κ3) is 4.12. The molecule has 2 atom stereocenters. The maximum Gasteiger partial charge on any atom is 0.408 e. The Morgan fingerprint density at radius 2 is 2.20 bits per heavy atom. The summed E-state index contributed by atoms with van der Waals surface area (Å²) in [6.45, 7) is 6.52. The van der Waals surface area contributed by atoms with Gasteiger partial charge in [0.1, 0.15) is 5.60 Å². The van der Waals surface area contributed by atoms with E-state index in [1.165, 1.54) is 0 Å². The minimum Gasteiger partial charge on any atom is -0.444 e. The lowest BCUT2D eigenvalue weighted by molar-refractivity contribution is 0.0481. The predicted molar refractivity (Wildman–Crippen MR) is 80.0 cm³/mol. The van der Waals surface area contributed by atoms with E-state index in [1.807, 2.05) is 45.0 Å². The summed E-state index contributed by atoms with van der Waals surface area (Å²) < 4.78 is 5.33. The summed E-state index contributed by atoms with van der Waals surface area (Å²) >= 11 is 6.03. The largest absolute Gasteiger partial charge is 0.444 e. The Morgan fingerprint density at radius 1 is 1.50 bits per heavy atom. The van der Waals surface area contributed by atoms with Crippen molar-refractivity contribution in [2.75, 3.05) is 6.54 Å². The molecular weight excluding hydrogens is 276 g/mol. The van der Waals surface area contributed by atoms with E-state index in [0.717, 1.165) is 18.5 Å². The Hall–Kier alpha value is -1.26. The van der Waals surface area contributed by atoms with Gasteiger partial charge in [-0.1, -0.05) is 23.7 Å². The first-order chi connectivity index (χ1) is 9.35. The fourth-order valence-corrected chi connectivity index (χ4v) is 2.35. The average molecular weight is 297 g/mol. The highest BCUT2D eigenvalue weighted by atomic mass is 35.5. The van der Waals surface area contributed by atoms with Gasteiger partial charge in [0.05, 0.1) is 6.04 Å². The van der Waals surface area contributed by atoms with Crippen LogP contribution in [0.1, 0.15) is 38.8 Å². The fraction of sp³-hybridized carbons (Fsp3) is 0.533. The first-order valence-electron chi connectivity index (χ1n) is 6.83. The normalized spacial score (nSPS) is 19.9. The molecular formula is C15H21ClN2O2. The number of ether oxygens (including phenoxy) is 1. The maximum atomic E-state index is 12.0. The van der Waals surface area contributed by atoms with Crippen molar-refractivity contribution in [3.63, 3.8) is 0 Å². The molecule has 0 aliphatic carbocycles. The number of hydrogen-bond acceptors (Lipinski definition) is 3. The minimum absolute atomic E-state index is 0.128. The third-order valence-electron chi connectivity index (χ3n) is 3.14. The highest BCUT2D eigenvalue weighted by molar-refractivity contribution is 6.30. The molecule has 1 fully saturated rings. The molecule has 2 N–H and O–H groups in total. The quantitative estimate of drug-likeness (QED) is 0.900. The van der Waals surface area contributed by atoms with Crippen LogP contribution in [-0.2, 0) is 4.74 Å². The summed E-state index contributed by atoms with van der Waals surface area (Å²) in [6.07, 6.45) is 0.614. The number of rotatable bonds is 3. The molecule has 110 valence electrons. The first kappa shape index (κ1) is 15.1. The smallest absolute Gasteiger partial charge is 0.408 e. The van der Waals surface area contributed by atoms with Crippen LogP contribution in [-0.4, -0.2) is 24.3 Å². The molecule has 5 heteroatoms. The van der Waals surface area contributed by atoms with E-state index < -0.39 is 11.7 Å². The van der Waals surface area contributed by atoms with Crippen molar-refractivity contribution >= 4 is 17.7 Å². The maximum absolute atomic E-state index is 12.0. The second-order valence-electron chi connectivity index (χ2n) is 6.03. The summed E-state index contributed by atoms with van der Waals surface area (Å²) in [7, 11) is 0. The second kappa shape index (κ2) is 6.02. The number of benzene rings is 1. The molecule has 20 heavy (non-hydrogen) atoms. The Bertz CT molecular complexity index is 481. The van der Waals surface area contributed by atoms with E-state index in [2.05, 4.69) is 10.6 Å². The van der Waals surface area contributed by atoms with Crippen molar-refractivity contribution in [3.05, 3.63) is 34.9 Å². The summed E-state index contributed by atoms with van der Waals surface area (Å²) in [4.78, 5) is 12.0. The van der Waals surface area contributed by atoms with Crippen LogP contribution in [0.15, 0.2) is 24.3 Å². The number of halogens is 1. The van der Waals surface area contributed by atoms with Crippen LogP contribution in [0.5, 0.6) is 0 Å². The van der Waals surface area contributed by atoms with Gasteiger partial charge < -0.3 is 15.4 Å². The lowest BCUT2D eigenvalue weighted by Gasteiger charge is -2.36. The second-order valence-corrected chi connectivity index (χ2v) is 6.46. The molecule has 0 unspecified atom stereocenters. The van der Waals surface area contributed by atoms with Gasteiger partial charge in [-0.25, -0.2) is 4.79 Å². The molecule has 1 saturated heterocycles. The Morgan fingerprint density at radius 3 is 2.70 bits per heavy atom. The van der Waals surface area contributed by atoms with E-state index in [0.29, 0.717) is 5.02 Å². The molecule has 2 rings (SSSR count). The Kier molecular flexibility index (Phi) is 4.55. The number of alkyl carbamates (subject to hydrolysis) is 1. The summed E-state index contributed by atoms with van der Waals surface area (Å²) in [6, 6.07) is 7.65. The van der Waals surface area contributed by atoms with Crippen molar-refractivity contribution in [1.82, 2.24) is 10.6 Å². The first-order valence-corrected chi connectivity index (χ1v) is 7.21. The standard InChI is InChI=1S/C15H21ClN2O2/c1-15(2,3)20-14(19)18-13(12-7-8-17-12)10-5-4-6-11(16)9-10/h4-6,9,12-13,17H,7-8H2,1-3H3,(H,18,19)/t12-,13-/m0/s1. The van der Waals surface area contributed by atoms with Gasteiger partial charge in [0.2, 0.25) is 0 Å². The van der Waals surface area contributed by atoms with Gasteiger partial charge in [0.15, 0.2) is 0 Å². The molecule has 1 amide bonds. The van der Waals surface area contributed by atoms with Gasteiger partial charge in [-0.2, -0.15) is 0 Å². The minimum atomic E-state index is -0.504. The van der Waals surface area contributed by atoms with Gasteiger partial charge in [-0.3, -0.25) is 0 Å². The van der Waals surface area contributed by atoms with Crippen molar-refractivity contribution in [3.8, 4) is 0 Å². The Labute approximate surface area is 124 Å². The van der Waals surface area contributed by atoms with Crippen molar-refractivity contribution in [2.24, 2.45) is 0 Å². The zero-order chi connectivity index (χ0) is 14.8. The van der Waals surface area contributed by atoms with Gasteiger partial charge in [0.25, 0.3) is 0 Å². The van der Waals surface area contributed by atoms with E-state index in [1.54, 1.807) is 0 Å². The van der Waals surface area contributed by atoms with Crippen LogP contribution >= 0.6 is 11.6 Å². The average Bonchev–Trinajstić information content (AvgIpc) is 2.23. The SMILES string of the molecule is CC(C)(C)OC(=O)N[C@@H](c1cccc(Cl)c1)[C@@H]1CCN1. The van der Waals surface area contributed by atoms with Gasteiger partial charge in [-0.15, -0.1) is 0 Å². The summed E-state index contributed by atoms with van der Waals surface area (Å²) in [5.74, 6) is 0. The highest BCUT2D eigenvalue weighted by Crippen LogP contribution is 2.25. The van der Waals surface area contributed by atoms with Crippen LogP contribution in [0.2, 0.25) is 5.02 Å². The molecule has 1 aromatic carbocycles. The lowest BCUT2D eigenvalue weighted by Crippen LogP contribution is -2.52. The molecule has 0 bridgehead atoms. The molecule has 0 aromatic heterocycles. The van der Waals surface area contributed by atoms with E-state index in [4.69, 9.17) is 16.3 Å². The molecule has 1 aliphatic heterocycles. The summed E-state index contributed by atoms with van der Waals surface area (Å²) in [5.41, 5.74) is 0.483. The molecule has 1 heterocycles. The van der Waals surface area contributed by atoms with Crippen LogP contribution in [0.25, 0.3) is 0 Å². The number of carbonyl (C=O) groups excluding carboxylic acids is 1.